The van der Waals surface area contributed by atoms with Crippen LogP contribution in [0.3, 0.4) is 0 Å². The molecular weight excluding hydrogens is 214 g/mol. The van der Waals surface area contributed by atoms with Crippen LogP contribution in [-0.2, 0) is 0 Å². The standard InChI is InChI=1S/C13H19N3O/c1-15-7-11-5-10(15)8-16(11)9-3-4-13(17-2)12(14)6-9/h3-4,6,10-11H,5,7-8,14H2,1-2H3. The second-order valence-corrected chi connectivity index (χ2v) is 5.06. The van der Waals surface area contributed by atoms with Crippen molar-refractivity contribution in [3.05, 3.63) is 18.2 Å². The number of benzene rings is 1. The highest BCUT2D eigenvalue weighted by molar-refractivity contribution is 5.64. The van der Waals surface area contributed by atoms with E-state index < -0.39 is 0 Å². The van der Waals surface area contributed by atoms with Crippen molar-refractivity contribution in [2.45, 2.75) is 18.5 Å². The molecule has 2 saturated heterocycles. The molecule has 2 aliphatic rings. The van der Waals surface area contributed by atoms with Crippen LogP contribution in [0.15, 0.2) is 18.2 Å². The van der Waals surface area contributed by atoms with Gasteiger partial charge in [-0.2, -0.15) is 0 Å². The first-order valence-electron chi connectivity index (χ1n) is 6.09. The third-order valence-electron chi connectivity index (χ3n) is 4.06. The summed E-state index contributed by atoms with van der Waals surface area (Å²) < 4.78 is 5.19. The molecule has 3 rings (SSSR count). The molecule has 2 aliphatic heterocycles. The number of likely N-dealkylation sites (N-methyl/N-ethyl adjacent to an activating group) is 1. The van der Waals surface area contributed by atoms with Gasteiger partial charge in [-0.15, -0.1) is 0 Å². The van der Waals surface area contributed by atoms with Crippen molar-refractivity contribution in [1.82, 2.24) is 4.90 Å². The minimum atomic E-state index is 0.651. The van der Waals surface area contributed by atoms with Crippen LogP contribution in [-0.4, -0.2) is 44.2 Å². The molecule has 2 unspecified atom stereocenters. The Hall–Kier alpha value is -1.42. The van der Waals surface area contributed by atoms with E-state index in [2.05, 4.69) is 22.9 Å². The van der Waals surface area contributed by atoms with Gasteiger partial charge in [0.1, 0.15) is 5.75 Å². The number of fused-ring (bicyclic) bond motifs is 2. The molecule has 1 aromatic rings. The zero-order valence-corrected chi connectivity index (χ0v) is 10.4. The van der Waals surface area contributed by atoms with Crippen molar-refractivity contribution in [2.75, 3.05) is 37.9 Å². The van der Waals surface area contributed by atoms with E-state index in [1.54, 1.807) is 7.11 Å². The maximum Gasteiger partial charge on any atom is 0.141 e. The fourth-order valence-corrected chi connectivity index (χ4v) is 3.08. The molecule has 2 heterocycles. The van der Waals surface area contributed by atoms with Crippen LogP contribution >= 0.6 is 0 Å². The van der Waals surface area contributed by atoms with Gasteiger partial charge in [0.2, 0.25) is 0 Å². The fourth-order valence-electron chi connectivity index (χ4n) is 3.08. The summed E-state index contributed by atoms with van der Waals surface area (Å²) >= 11 is 0. The largest absolute Gasteiger partial charge is 0.495 e. The SMILES string of the molecule is COc1ccc(N2CC3CC2CN3C)cc1N. The summed E-state index contributed by atoms with van der Waals surface area (Å²) in [5.41, 5.74) is 7.91. The monoisotopic (exact) mass is 233 g/mol. The second kappa shape index (κ2) is 3.81. The molecule has 1 aromatic carbocycles. The maximum absolute atomic E-state index is 5.96. The Bertz CT molecular complexity index is 433. The summed E-state index contributed by atoms with van der Waals surface area (Å²) in [6, 6.07) is 7.46. The molecule has 2 atom stereocenters. The van der Waals surface area contributed by atoms with Crippen LogP contribution in [0.2, 0.25) is 0 Å². The van der Waals surface area contributed by atoms with Crippen LogP contribution in [0.5, 0.6) is 5.75 Å². The molecule has 0 saturated carbocycles. The molecule has 17 heavy (non-hydrogen) atoms. The molecule has 92 valence electrons. The van der Waals surface area contributed by atoms with Gasteiger partial charge >= 0.3 is 0 Å². The number of nitrogens with two attached hydrogens (primary N) is 1. The number of hydrogen-bond acceptors (Lipinski definition) is 4. The summed E-state index contributed by atoms with van der Waals surface area (Å²) in [4.78, 5) is 4.93. The fraction of sp³-hybridized carbons (Fsp3) is 0.538. The van der Waals surface area contributed by atoms with Gasteiger partial charge in [0, 0.05) is 30.9 Å². The zero-order valence-electron chi connectivity index (χ0n) is 10.4. The van der Waals surface area contributed by atoms with Gasteiger partial charge in [-0.1, -0.05) is 0 Å². The van der Waals surface area contributed by atoms with E-state index in [-0.39, 0.29) is 0 Å². The summed E-state index contributed by atoms with van der Waals surface area (Å²) in [6.07, 6.45) is 1.28. The van der Waals surface area contributed by atoms with Crippen molar-refractivity contribution in [3.8, 4) is 5.75 Å². The first kappa shape index (κ1) is 10.7. The minimum Gasteiger partial charge on any atom is -0.495 e. The number of ether oxygens (including phenoxy) is 1. The molecule has 0 spiro atoms. The van der Waals surface area contributed by atoms with Crippen molar-refractivity contribution >= 4 is 11.4 Å². The number of rotatable bonds is 2. The lowest BCUT2D eigenvalue weighted by atomic mass is 10.2. The number of piperazine rings is 1. The van der Waals surface area contributed by atoms with Gasteiger partial charge in [-0.05, 0) is 31.7 Å². The third-order valence-corrected chi connectivity index (χ3v) is 4.06. The lowest BCUT2D eigenvalue weighted by Gasteiger charge is -2.33. The predicted molar refractivity (Wildman–Crippen MR) is 69.6 cm³/mol. The molecule has 4 heteroatoms. The number of nitrogen functional groups attached to an aromatic ring is 1. The van der Waals surface area contributed by atoms with Crippen LogP contribution in [0.25, 0.3) is 0 Å². The highest BCUT2D eigenvalue weighted by Crippen LogP contribution is 2.36. The normalized spacial score (nSPS) is 27.8. The minimum absolute atomic E-state index is 0.651. The Kier molecular flexibility index (Phi) is 2.40. The number of anilines is 2. The molecule has 0 amide bonds. The van der Waals surface area contributed by atoms with Crippen LogP contribution in [0, 0.1) is 0 Å². The molecule has 0 aliphatic carbocycles. The van der Waals surface area contributed by atoms with Crippen LogP contribution in [0.4, 0.5) is 11.4 Å². The van der Waals surface area contributed by atoms with Crippen molar-refractivity contribution in [2.24, 2.45) is 0 Å². The lowest BCUT2D eigenvalue weighted by Crippen LogP contribution is -2.44. The maximum atomic E-state index is 5.96. The second-order valence-electron chi connectivity index (χ2n) is 5.06. The Morgan fingerprint density at radius 2 is 2.12 bits per heavy atom. The van der Waals surface area contributed by atoms with E-state index in [1.165, 1.54) is 12.1 Å². The van der Waals surface area contributed by atoms with Gasteiger partial charge < -0.3 is 15.4 Å². The summed E-state index contributed by atoms with van der Waals surface area (Å²) in [6.45, 7) is 2.28. The highest BCUT2D eigenvalue weighted by Gasteiger charge is 2.41. The van der Waals surface area contributed by atoms with E-state index in [9.17, 15) is 0 Å². The zero-order chi connectivity index (χ0) is 12.0. The number of methoxy groups -OCH3 is 1. The Balaban J connectivity index is 1.84. The average molecular weight is 233 g/mol. The lowest BCUT2D eigenvalue weighted by molar-refractivity contribution is 0.292. The molecule has 0 radical (unpaired) electrons. The Labute approximate surface area is 102 Å². The quantitative estimate of drug-likeness (QED) is 0.779. The molecule has 2 fully saturated rings. The highest BCUT2D eigenvalue weighted by atomic mass is 16.5. The predicted octanol–water partition coefficient (Wildman–Crippen LogP) is 1.17. The third kappa shape index (κ3) is 1.63. The van der Waals surface area contributed by atoms with Crippen molar-refractivity contribution in [3.63, 3.8) is 0 Å². The Morgan fingerprint density at radius 1 is 1.29 bits per heavy atom. The van der Waals surface area contributed by atoms with Gasteiger partial charge in [-0.25, -0.2) is 0 Å². The van der Waals surface area contributed by atoms with Gasteiger partial charge in [-0.3, -0.25) is 4.90 Å². The molecule has 4 nitrogen and oxygen atoms in total. The van der Waals surface area contributed by atoms with E-state index in [0.717, 1.165) is 24.5 Å². The molecule has 2 bridgehead atoms. The van der Waals surface area contributed by atoms with E-state index >= 15 is 0 Å². The van der Waals surface area contributed by atoms with Gasteiger partial charge in [0.05, 0.1) is 12.8 Å². The molecule has 2 N–H and O–H groups in total. The topological polar surface area (TPSA) is 41.7 Å². The smallest absolute Gasteiger partial charge is 0.141 e. The summed E-state index contributed by atoms with van der Waals surface area (Å²) in [5, 5.41) is 0. The van der Waals surface area contributed by atoms with Crippen LogP contribution in [0.1, 0.15) is 6.42 Å². The number of nitrogens with zero attached hydrogens (tertiary/aromatic N) is 2. The van der Waals surface area contributed by atoms with Gasteiger partial charge in [0.25, 0.3) is 0 Å². The van der Waals surface area contributed by atoms with Gasteiger partial charge in [0.15, 0.2) is 0 Å². The number of likely N-dealkylation sites (tertiary alicyclic amines) is 1. The van der Waals surface area contributed by atoms with Crippen LogP contribution < -0.4 is 15.4 Å². The van der Waals surface area contributed by atoms with E-state index in [0.29, 0.717) is 12.1 Å². The Morgan fingerprint density at radius 3 is 2.65 bits per heavy atom. The first-order chi connectivity index (χ1) is 8.19. The summed E-state index contributed by atoms with van der Waals surface area (Å²) in [5.74, 6) is 0.759. The molecular formula is C13H19N3O. The first-order valence-corrected chi connectivity index (χ1v) is 6.09. The molecule has 0 aromatic heterocycles. The van der Waals surface area contributed by atoms with Crippen molar-refractivity contribution in [1.29, 1.82) is 0 Å². The summed E-state index contributed by atoms with van der Waals surface area (Å²) in [7, 11) is 3.86. The number of hydrogen-bond donors (Lipinski definition) is 1. The van der Waals surface area contributed by atoms with E-state index in [1.807, 2.05) is 12.1 Å². The van der Waals surface area contributed by atoms with E-state index in [4.69, 9.17) is 10.5 Å². The van der Waals surface area contributed by atoms with Crippen molar-refractivity contribution < 1.29 is 4.74 Å². The average Bonchev–Trinajstić information content (AvgIpc) is 2.87.